The van der Waals surface area contributed by atoms with Gasteiger partial charge in [-0.15, -0.1) is 0 Å². The first kappa shape index (κ1) is 8.37. The van der Waals surface area contributed by atoms with E-state index in [1.54, 1.807) is 0 Å². The van der Waals surface area contributed by atoms with Gasteiger partial charge in [0, 0.05) is 11.8 Å². The molecule has 1 aliphatic carbocycles. The molecule has 1 fully saturated rings. The molecule has 0 heterocycles. The number of thioether (sulfide) groups is 1. The third kappa shape index (κ3) is 1.87. The molecule has 0 saturated heterocycles. The van der Waals surface area contributed by atoms with Crippen LogP contribution < -0.4 is 11.3 Å². The first-order valence-electron chi connectivity index (χ1n) is 3.83. The average molecular weight is 160 g/mol. The van der Waals surface area contributed by atoms with Crippen molar-refractivity contribution in [3.8, 4) is 0 Å². The molecule has 60 valence electrons. The van der Waals surface area contributed by atoms with Crippen molar-refractivity contribution < 1.29 is 0 Å². The van der Waals surface area contributed by atoms with Gasteiger partial charge >= 0.3 is 0 Å². The highest BCUT2D eigenvalue weighted by Crippen LogP contribution is 2.30. The van der Waals surface area contributed by atoms with E-state index in [0.29, 0.717) is 6.04 Å². The van der Waals surface area contributed by atoms with Crippen molar-refractivity contribution in [1.82, 2.24) is 5.43 Å². The van der Waals surface area contributed by atoms with Crippen LogP contribution in [0.25, 0.3) is 0 Å². The number of hydrogen-bond acceptors (Lipinski definition) is 3. The van der Waals surface area contributed by atoms with E-state index >= 15 is 0 Å². The Hall–Kier alpha value is 0.270. The zero-order valence-electron chi connectivity index (χ0n) is 6.47. The van der Waals surface area contributed by atoms with Gasteiger partial charge in [-0.2, -0.15) is 11.8 Å². The standard InChI is InChI=1S/C7H16N2S/c1-10-5-7(9-8)6-3-2-4-6/h6-7,9H,2-5,8H2,1H3. The molecule has 0 radical (unpaired) electrons. The third-order valence-corrected chi connectivity index (χ3v) is 2.97. The summed E-state index contributed by atoms with van der Waals surface area (Å²) in [6, 6.07) is 0.559. The molecule has 3 N–H and O–H groups in total. The third-order valence-electron chi connectivity index (χ3n) is 2.28. The minimum absolute atomic E-state index is 0.559. The second kappa shape index (κ2) is 4.21. The quantitative estimate of drug-likeness (QED) is 0.475. The van der Waals surface area contributed by atoms with Crippen molar-refractivity contribution >= 4 is 11.8 Å². The van der Waals surface area contributed by atoms with Gasteiger partial charge < -0.3 is 0 Å². The van der Waals surface area contributed by atoms with Gasteiger partial charge in [0.2, 0.25) is 0 Å². The molecule has 0 spiro atoms. The molecule has 0 aromatic carbocycles. The Balaban J connectivity index is 2.17. The van der Waals surface area contributed by atoms with Crippen LogP contribution in [-0.2, 0) is 0 Å². The molecular formula is C7H16N2S. The normalized spacial score (nSPS) is 22.2. The Kier molecular flexibility index (Phi) is 3.52. The number of nitrogens with one attached hydrogen (secondary N) is 1. The molecule has 0 amide bonds. The summed E-state index contributed by atoms with van der Waals surface area (Å²) in [7, 11) is 0. The minimum atomic E-state index is 0.559. The molecule has 0 bridgehead atoms. The second-order valence-corrected chi connectivity index (χ2v) is 3.83. The van der Waals surface area contributed by atoms with Crippen LogP contribution in [0.5, 0.6) is 0 Å². The van der Waals surface area contributed by atoms with Crippen molar-refractivity contribution in [2.75, 3.05) is 12.0 Å². The number of rotatable bonds is 4. The second-order valence-electron chi connectivity index (χ2n) is 2.92. The molecule has 0 aliphatic heterocycles. The van der Waals surface area contributed by atoms with E-state index in [4.69, 9.17) is 5.84 Å². The van der Waals surface area contributed by atoms with Gasteiger partial charge in [0.25, 0.3) is 0 Å². The highest BCUT2D eigenvalue weighted by atomic mass is 32.2. The Bertz CT molecular complexity index is 93.6. The van der Waals surface area contributed by atoms with Gasteiger partial charge in [-0.1, -0.05) is 6.42 Å². The van der Waals surface area contributed by atoms with E-state index in [2.05, 4.69) is 11.7 Å². The molecule has 2 nitrogen and oxygen atoms in total. The Labute approximate surface area is 66.9 Å². The predicted molar refractivity (Wildman–Crippen MR) is 46.8 cm³/mol. The summed E-state index contributed by atoms with van der Waals surface area (Å²) in [6.45, 7) is 0. The van der Waals surface area contributed by atoms with Crippen LogP contribution in [0, 0.1) is 5.92 Å². The summed E-state index contributed by atoms with van der Waals surface area (Å²) in [4.78, 5) is 0. The maximum Gasteiger partial charge on any atom is 0.0329 e. The van der Waals surface area contributed by atoms with E-state index in [9.17, 15) is 0 Å². The van der Waals surface area contributed by atoms with Crippen LogP contribution in [0.1, 0.15) is 19.3 Å². The molecule has 10 heavy (non-hydrogen) atoms. The molecule has 0 aromatic rings. The lowest BCUT2D eigenvalue weighted by molar-refractivity contribution is 0.246. The van der Waals surface area contributed by atoms with Crippen LogP contribution in [-0.4, -0.2) is 18.1 Å². The van der Waals surface area contributed by atoms with Crippen molar-refractivity contribution in [3.05, 3.63) is 0 Å². The summed E-state index contributed by atoms with van der Waals surface area (Å²) in [6.07, 6.45) is 6.27. The van der Waals surface area contributed by atoms with Crippen LogP contribution in [0.2, 0.25) is 0 Å². The monoisotopic (exact) mass is 160 g/mol. The van der Waals surface area contributed by atoms with Gasteiger partial charge in [0.05, 0.1) is 0 Å². The highest BCUT2D eigenvalue weighted by Gasteiger charge is 2.25. The maximum atomic E-state index is 5.41. The van der Waals surface area contributed by atoms with E-state index < -0.39 is 0 Å². The summed E-state index contributed by atoms with van der Waals surface area (Å²) < 4.78 is 0. The fourth-order valence-corrected chi connectivity index (χ4v) is 2.07. The molecule has 1 aliphatic rings. The fourth-order valence-electron chi connectivity index (χ4n) is 1.34. The summed E-state index contributed by atoms with van der Waals surface area (Å²) >= 11 is 1.87. The molecule has 1 atom stereocenters. The molecule has 1 rings (SSSR count). The fraction of sp³-hybridized carbons (Fsp3) is 1.00. The van der Waals surface area contributed by atoms with E-state index in [1.807, 2.05) is 11.8 Å². The molecule has 1 saturated carbocycles. The van der Waals surface area contributed by atoms with Gasteiger partial charge in [0.15, 0.2) is 0 Å². The SMILES string of the molecule is CSCC(NN)C1CCC1. The number of hydrogen-bond donors (Lipinski definition) is 2. The lowest BCUT2D eigenvalue weighted by atomic mass is 9.81. The largest absolute Gasteiger partial charge is 0.271 e. The minimum Gasteiger partial charge on any atom is -0.271 e. The van der Waals surface area contributed by atoms with Crippen LogP contribution in [0.3, 0.4) is 0 Å². The first-order chi connectivity index (χ1) is 4.88. The highest BCUT2D eigenvalue weighted by molar-refractivity contribution is 7.98. The Morgan fingerprint density at radius 1 is 1.70 bits per heavy atom. The van der Waals surface area contributed by atoms with Crippen LogP contribution >= 0.6 is 11.8 Å². The van der Waals surface area contributed by atoms with Gasteiger partial charge in [-0.25, -0.2) is 0 Å². The number of hydrazine groups is 1. The van der Waals surface area contributed by atoms with Crippen molar-refractivity contribution in [1.29, 1.82) is 0 Å². The van der Waals surface area contributed by atoms with E-state index in [-0.39, 0.29) is 0 Å². The van der Waals surface area contributed by atoms with Gasteiger partial charge in [0.1, 0.15) is 0 Å². The molecular weight excluding hydrogens is 144 g/mol. The zero-order valence-corrected chi connectivity index (χ0v) is 7.29. The predicted octanol–water partition coefficient (Wildman–Crippen LogP) is 0.981. The summed E-state index contributed by atoms with van der Waals surface area (Å²) in [5.41, 5.74) is 2.88. The number of nitrogens with two attached hydrogens (primary N) is 1. The molecule has 1 unspecified atom stereocenters. The topological polar surface area (TPSA) is 38.0 Å². The van der Waals surface area contributed by atoms with Crippen LogP contribution in [0.4, 0.5) is 0 Å². The van der Waals surface area contributed by atoms with Crippen molar-refractivity contribution in [2.24, 2.45) is 11.8 Å². The smallest absolute Gasteiger partial charge is 0.0329 e. The van der Waals surface area contributed by atoms with Gasteiger partial charge in [-0.05, 0) is 25.0 Å². The van der Waals surface area contributed by atoms with E-state index in [1.165, 1.54) is 19.3 Å². The van der Waals surface area contributed by atoms with Crippen molar-refractivity contribution in [2.45, 2.75) is 25.3 Å². The zero-order chi connectivity index (χ0) is 7.40. The summed E-state index contributed by atoms with van der Waals surface area (Å²) in [5.74, 6) is 7.42. The van der Waals surface area contributed by atoms with Crippen molar-refractivity contribution in [3.63, 3.8) is 0 Å². The summed E-state index contributed by atoms with van der Waals surface area (Å²) in [5, 5.41) is 0. The van der Waals surface area contributed by atoms with Crippen LogP contribution in [0.15, 0.2) is 0 Å². The molecule has 0 aromatic heterocycles. The lowest BCUT2D eigenvalue weighted by Crippen LogP contribution is -2.45. The average Bonchev–Trinajstić information content (AvgIpc) is 1.83. The lowest BCUT2D eigenvalue weighted by Gasteiger charge is -2.32. The Morgan fingerprint density at radius 3 is 2.70 bits per heavy atom. The maximum absolute atomic E-state index is 5.41. The van der Waals surface area contributed by atoms with Gasteiger partial charge in [-0.3, -0.25) is 11.3 Å². The Morgan fingerprint density at radius 2 is 2.40 bits per heavy atom. The molecule has 3 heteroatoms. The first-order valence-corrected chi connectivity index (χ1v) is 5.23. The van der Waals surface area contributed by atoms with E-state index in [0.717, 1.165) is 11.7 Å².